The van der Waals surface area contributed by atoms with Crippen LogP contribution in [-0.2, 0) is 9.53 Å². The molecule has 0 fully saturated rings. The van der Waals surface area contributed by atoms with Crippen molar-refractivity contribution >= 4 is 5.97 Å². The molecule has 4 heteroatoms. The summed E-state index contributed by atoms with van der Waals surface area (Å²) in [7, 11) is 1.48. The van der Waals surface area contributed by atoms with Gasteiger partial charge in [-0.1, -0.05) is 31.8 Å². The van der Waals surface area contributed by atoms with Crippen LogP contribution in [-0.4, -0.2) is 28.9 Å². The highest BCUT2D eigenvalue weighted by Gasteiger charge is 2.30. The van der Waals surface area contributed by atoms with Crippen molar-refractivity contribution < 1.29 is 19.7 Å². The lowest BCUT2D eigenvalue weighted by Gasteiger charge is -2.18. The lowest BCUT2D eigenvalue weighted by Crippen LogP contribution is -2.23. The zero-order valence-corrected chi connectivity index (χ0v) is 12.8. The monoisotopic (exact) mass is 292 g/mol. The number of unbranched alkanes of at least 4 members (excludes halogenated alkanes) is 2. The SMILES string of the molecule is C#CC(O)(C=CC1CCC(OC)=C1C(=O)O)CCCCC. The number of terminal acetylenes is 1. The van der Waals surface area contributed by atoms with Gasteiger partial charge >= 0.3 is 5.97 Å². The first-order valence-corrected chi connectivity index (χ1v) is 7.37. The predicted octanol–water partition coefficient (Wildman–Crippen LogP) is 2.88. The number of rotatable bonds is 8. The number of aliphatic carboxylic acids is 1. The van der Waals surface area contributed by atoms with Crippen LogP contribution < -0.4 is 0 Å². The molecule has 21 heavy (non-hydrogen) atoms. The number of ether oxygens (including phenoxy) is 1. The van der Waals surface area contributed by atoms with Gasteiger partial charge in [-0.15, -0.1) is 6.42 Å². The van der Waals surface area contributed by atoms with Gasteiger partial charge in [-0.25, -0.2) is 4.79 Å². The van der Waals surface area contributed by atoms with Crippen LogP contribution >= 0.6 is 0 Å². The Morgan fingerprint density at radius 3 is 2.81 bits per heavy atom. The van der Waals surface area contributed by atoms with Crippen molar-refractivity contribution in [1.82, 2.24) is 0 Å². The van der Waals surface area contributed by atoms with Gasteiger partial charge in [-0.05, 0) is 25.3 Å². The smallest absolute Gasteiger partial charge is 0.335 e. The van der Waals surface area contributed by atoms with Crippen LogP contribution in [0.2, 0.25) is 0 Å². The minimum Gasteiger partial charge on any atom is -0.501 e. The molecule has 4 nitrogen and oxygen atoms in total. The minimum absolute atomic E-state index is 0.261. The summed E-state index contributed by atoms with van der Waals surface area (Å²) in [5, 5.41) is 19.6. The minimum atomic E-state index is -1.30. The van der Waals surface area contributed by atoms with Crippen LogP contribution in [0.4, 0.5) is 0 Å². The van der Waals surface area contributed by atoms with Crippen LogP contribution in [0.25, 0.3) is 0 Å². The first-order chi connectivity index (χ1) is 9.97. The summed E-state index contributed by atoms with van der Waals surface area (Å²) < 4.78 is 5.12. The molecule has 0 saturated carbocycles. The van der Waals surface area contributed by atoms with E-state index in [-0.39, 0.29) is 11.5 Å². The van der Waals surface area contributed by atoms with E-state index >= 15 is 0 Å². The molecule has 0 aliphatic heterocycles. The molecule has 0 amide bonds. The molecule has 1 aliphatic carbocycles. The zero-order valence-electron chi connectivity index (χ0n) is 12.8. The Kier molecular flexibility index (Phi) is 6.51. The van der Waals surface area contributed by atoms with E-state index in [0.29, 0.717) is 25.0 Å². The van der Waals surface area contributed by atoms with Crippen LogP contribution in [0.5, 0.6) is 0 Å². The fourth-order valence-corrected chi connectivity index (χ4v) is 2.58. The highest BCUT2D eigenvalue weighted by molar-refractivity contribution is 5.88. The van der Waals surface area contributed by atoms with E-state index in [1.807, 2.05) is 0 Å². The lowest BCUT2D eigenvalue weighted by atomic mass is 9.93. The van der Waals surface area contributed by atoms with E-state index in [1.54, 1.807) is 12.2 Å². The van der Waals surface area contributed by atoms with E-state index in [1.165, 1.54) is 7.11 Å². The number of allylic oxidation sites excluding steroid dienone is 2. The number of hydrogen-bond donors (Lipinski definition) is 2. The second kappa shape index (κ2) is 7.90. The van der Waals surface area contributed by atoms with Crippen molar-refractivity contribution in [3.8, 4) is 12.3 Å². The van der Waals surface area contributed by atoms with Crippen molar-refractivity contribution in [1.29, 1.82) is 0 Å². The van der Waals surface area contributed by atoms with Gasteiger partial charge in [0, 0.05) is 12.3 Å². The highest BCUT2D eigenvalue weighted by Crippen LogP contribution is 2.34. The fraction of sp³-hybridized carbons (Fsp3) is 0.588. The van der Waals surface area contributed by atoms with Crippen LogP contribution in [0.3, 0.4) is 0 Å². The fourth-order valence-electron chi connectivity index (χ4n) is 2.58. The molecule has 0 aromatic heterocycles. The first-order valence-electron chi connectivity index (χ1n) is 7.37. The zero-order chi connectivity index (χ0) is 15.9. The molecule has 116 valence electrons. The summed E-state index contributed by atoms with van der Waals surface area (Å²) in [6.45, 7) is 2.08. The first kappa shape index (κ1) is 17.3. The molecule has 0 radical (unpaired) electrons. The topological polar surface area (TPSA) is 66.8 Å². The Hall–Kier alpha value is -1.73. The van der Waals surface area contributed by atoms with Gasteiger partial charge in [0.2, 0.25) is 0 Å². The molecule has 2 unspecified atom stereocenters. The molecule has 0 saturated heterocycles. The van der Waals surface area contributed by atoms with Gasteiger partial charge in [-0.2, -0.15) is 0 Å². The van der Waals surface area contributed by atoms with Gasteiger partial charge in [0.25, 0.3) is 0 Å². The number of carboxylic acids is 1. The highest BCUT2D eigenvalue weighted by atomic mass is 16.5. The van der Waals surface area contributed by atoms with E-state index in [4.69, 9.17) is 11.2 Å². The van der Waals surface area contributed by atoms with Crippen molar-refractivity contribution in [3.05, 3.63) is 23.5 Å². The van der Waals surface area contributed by atoms with Crippen LogP contribution in [0.1, 0.15) is 45.4 Å². The summed E-state index contributed by atoms with van der Waals surface area (Å²) >= 11 is 0. The normalized spacial score (nSPS) is 21.3. The molecule has 0 aromatic rings. The molecule has 0 spiro atoms. The molecule has 0 heterocycles. The Labute approximate surface area is 126 Å². The lowest BCUT2D eigenvalue weighted by molar-refractivity contribution is -0.133. The predicted molar refractivity (Wildman–Crippen MR) is 81.5 cm³/mol. The second-order valence-electron chi connectivity index (χ2n) is 5.38. The van der Waals surface area contributed by atoms with Gasteiger partial charge < -0.3 is 14.9 Å². The summed E-state index contributed by atoms with van der Waals surface area (Å²) in [5.74, 6) is 1.67. The maximum atomic E-state index is 11.3. The summed E-state index contributed by atoms with van der Waals surface area (Å²) in [5.41, 5.74) is -1.03. The van der Waals surface area contributed by atoms with Crippen LogP contribution in [0, 0.1) is 18.3 Å². The Morgan fingerprint density at radius 1 is 1.57 bits per heavy atom. The average Bonchev–Trinajstić information content (AvgIpc) is 2.88. The second-order valence-corrected chi connectivity index (χ2v) is 5.38. The number of carboxylic acid groups (broad SMARTS) is 1. The maximum absolute atomic E-state index is 11.3. The van der Waals surface area contributed by atoms with E-state index in [9.17, 15) is 15.0 Å². The molecule has 0 bridgehead atoms. The molecule has 2 N–H and O–H groups in total. The van der Waals surface area contributed by atoms with Crippen molar-refractivity contribution in [2.45, 2.75) is 51.0 Å². The van der Waals surface area contributed by atoms with Crippen molar-refractivity contribution in [3.63, 3.8) is 0 Å². The number of methoxy groups -OCH3 is 1. The van der Waals surface area contributed by atoms with Gasteiger partial charge in [0.05, 0.1) is 12.7 Å². The van der Waals surface area contributed by atoms with E-state index in [0.717, 1.165) is 19.3 Å². The number of aliphatic hydroxyl groups is 1. The third kappa shape index (κ3) is 4.64. The van der Waals surface area contributed by atoms with Gasteiger partial charge in [0.15, 0.2) is 0 Å². The molecular weight excluding hydrogens is 268 g/mol. The molecule has 2 atom stereocenters. The number of carbonyl (C=O) groups is 1. The molecule has 1 rings (SSSR count). The average molecular weight is 292 g/mol. The van der Waals surface area contributed by atoms with E-state index in [2.05, 4.69) is 12.8 Å². The maximum Gasteiger partial charge on any atom is 0.335 e. The van der Waals surface area contributed by atoms with Crippen LogP contribution in [0.15, 0.2) is 23.5 Å². The summed E-state index contributed by atoms with van der Waals surface area (Å²) in [6, 6.07) is 0. The van der Waals surface area contributed by atoms with Crippen molar-refractivity contribution in [2.24, 2.45) is 5.92 Å². The molecular formula is C17H24O4. The quantitative estimate of drug-likeness (QED) is 0.410. The van der Waals surface area contributed by atoms with Crippen molar-refractivity contribution in [2.75, 3.05) is 7.11 Å². The molecule has 1 aliphatic rings. The summed E-state index contributed by atoms with van der Waals surface area (Å²) in [6.07, 6.45) is 13.3. The van der Waals surface area contributed by atoms with E-state index < -0.39 is 11.6 Å². The number of hydrogen-bond acceptors (Lipinski definition) is 3. The standard InChI is InChI=1S/C17H24O4/c1-4-6-7-11-17(20,5-2)12-10-13-8-9-14(21-3)15(13)16(18)19/h2,10,12-13,20H,4,6-9,11H2,1,3H3,(H,18,19). The summed E-state index contributed by atoms with van der Waals surface area (Å²) in [4.78, 5) is 11.3. The Balaban J connectivity index is 2.81. The Morgan fingerprint density at radius 2 is 2.29 bits per heavy atom. The third-order valence-electron chi connectivity index (χ3n) is 3.85. The largest absolute Gasteiger partial charge is 0.501 e. The Bertz CT molecular complexity index is 470. The third-order valence-corrected chi connectivity index (χ3v) is 3.85. The van der Waals surface area contributed by atoms with Gasteiger partial charge in [-0.3, -0.25) is 0 Å². The van der Waals surface area contributed by atoms with Gasteiger partial charge in [0.1, 0.15) is 11.4 Å². The molecule has 0 aromatic carbocycles.